The Morgan fingerprint density at radius 2 is 1.58 bits per heavy atom. The summed E-state index contributed by atoms with van der Waals surface area (Å²) in [6.07, 6.45) is 5.69. The van der Waals surface area contributed by atoms with Crippen LogP contribution in [0.1, 0.15) is 46.5 Å². The monoisotopic (exact) mass is 169 g/mol. The zero-order valence-corrected chi connectivity index (χ0v) is 9.01. The average molecular weight is 169 g/mol. The first-order valence-electron chi connectivity index (χ1n) is 5.33. The van der Waals surface area contributed by atoms with Crippen molar-refractivity contribution in [1.29, 1.82) is 0 Å². The fourth-order valence-corrected chi connectivity index (χ4v) is 2.07. The van der Waals surface area contributed by atoms with E-state index in [0.717, 1.165) is 12.0 Å². The van der Waals surface area contributed by atoms with Gasteiger partial charge in [-0.15, -0.1) is 0 Å². The molecule has 0 amide bonds. The van der Waals surface area contributed by atoms with E-state index in [-0.39, 0.29) is 0 Å². The van der Waals surface area contributed by atoms with E-state index in [9.17, 15) is 0 Å². The van der Waals surface area contributed by atoms with Crippen molar-refractivity contribution < 1.29 is 0 Å². The van der Waals surface area contributed by atoms with Gasteiger partial charge in [0.05, 0.1) is 0 Å². The molecule has 0 saturated heterocycles. The summed E-state index contributed by atoms with van der Waals surface area (Å²) in [4.78, 5) is 2.53. The second-order valence-corrected chi connectivity index (χ2v) is 4.67. The van der Waals surface area contributed by atoms with Crippen molar-refractivity contribution in [2.24, 2.45) is 5.92 Å². The first-order valence-corrected chi connectivity index (χ1v) is 5.33. The van der Waals surface area contributed by atoms with Gasteiger partial charge >= 0.3 is 0 Å². The lowest BCUT2D eigenvalue weighted by atomic mass is 9.86. The minimum Gasteiger partial charge on any atom is -0.301 e. The highest BCUT2D eigenvalue weighted by Crippen LogP contribution is 2.27. The lowest BCUT2D eigenvalue weighted by Gasteiger charge is -2.35. The van der Waals surface area contributed by atoms with Crippen LogP contribution in [0.2, 0.25) is 0 Å². The molecule has 0 N–H and O–H groups in total. The van der Waals surface area contributed by atoms with Gasteiger partial charge in [-0.1, -0.05) is 6.92 Å². The Kier molecular flexibility index (Phi) is 3.57. The van der Waals surface area contributed by atoms with Crippen LogP contribution in [0, 0.1) is 5.92 Å². The fourth-order valence-electron chi connectivity index (χ4n) is 2.07. The molecule has 1 aliphatic carbocycles. The molecule has 0 atom stereocenters. The molecule has 1 aliphatic rings. The smallest absolute Gasteiger partial charge is 0.00951 e. The van der Waals surface area contributed by atoms with Crippen LogP contribution in [0.4, 0.5) is 0 Å². The standard InChI is InChI=1S/C11H23N/c1-9(2)12(4)11-7-5-10(3)6-8-11/h9-11H,5-8H2,1-4H3. The quantitative estimate of drug-likeness (QED) is 0.614. The summed E-state index contributed by atoms with van der Waals surface area (Å²) in [6.45, 7) is 6.96. The molecular weight excluding hydrogens is 146 g/mol. The second-order valence-electron chi connectivity index (χ2n) is 4.67. The van der Waals surface area contributed by atoms with E-state index in [4.69, 9.17) is 0 Å². The van der Waals surface area contributed by atoms with Crippen molar-refractivity contribution in [2.75, 3.05) is 7.05 Å². The van der Waals surface area contributed by atoms with Crippen molar-refractivity contribution in [3.8, 4) is 0 Å². The summed E-state index contributed by atoms with van der Waals surface area (Å²) < 4.78 is 0. The van der Waals surface area contributed by atoms with Crippen molar-refractivity contribution in [3.05, 3.63) is 0 Å². The van der Waals surface area contributed by atoms with E-state index in [1.165, 1.54) is 25.7 Å². The molecule has 1 heteroatoms. The molecule has 0 aromatic carbocycles. The van der Waals surface area contributed by atoms with Gasteiger partial charge in [-0.25, -0.2) is 0 Å². The van der Waals surface area contributed by atoms with Crippen LogP contribution in [0.3, 0.4) is 0 Å². The number of rotatable bonds is 2. The van der Waals surface area contributed by atoms with Gasteiger partial charge < -0.3 is 4.90 Å². The topological polar surface area (TPSA) is 3.24 Å². The molecular formula is C11H23N. The molecule has 1 nitrogen and oxygen atoms in total. The highest BCUT2D eigenvalue weighted by Gasteiger charge is 2.22. The molecule has 0 heterocycles. The maximum absolute atomic E-state index is 2.53. The lowest BCUT2D eigenvalue weighted by Crippen LogP contribution is -2.39. The summed E-state index contributed by atoms with van der Waals surface area (Å²) in [5, 5.41) is 0. The van der Waals surface area contributed by atoms with Gasteiger partial charge in [-0.05, 0) is 52.5 Å². The van der Waals surface area contributed by atoms with Crippen LogP contribution in [0.25, 0.3) is 0 Å². The Bertz CT molecular complexity index is 123. The molecule has 1 saturated carbocycles. The van der Waals surface area contributed by atoms with Crippen LogP contribution in [0.5, 0.6) is 0 Å². The van der Waals surface area contributed by atoms with E-state index >= 15 is 0 Å². The van der Waals surface area contributed by atoms with Crippen molar-refractivity contribution in [3.63, 3.8) is 0 Å². The largest absolute Gasteiger partial charge is 0.301 e. The van der Waals surface area contributed by atoms with Gasteiger partial charge in [-0.2, -0.15) is 0 Å². The molecule has 72 valence electrons. The predicted octanol–water partition coefficient (Wildman–Crippen LogP) is 2.91. The molecule has 0 aromatic heterocycles. The Labute approximate surface area is 77.1 Å². The third-order valence-corrected chi connectivity index (χ3v) is 3.38. The first kappa shape index (κ1) is 10.0. The van der Waals surface area contributed by atoms with Crippen LogP contribution < -0.4 is 0 Å². The van der Waals surface area contributed by atoms with E-state index in [1.54, 1.807) is 0 Å². The Morgan fingerprint density at radius 3 is 2.00 bits per heavy atom. The third-order valence-electron chi connectivity index (χ3n) is 3.38. The molecule has 0 radical (unpaired) electrons. The summed E-state index contributed by atoms with van der Waals surface area (Å²) in [7, 11) is 2.27. The number of hydrogen-bond donors (Lipinski definition) is 0. The summed E-state index contributed by atoms with van der Waals surface area (Å²) in [6, 6.07) is 1.57. The highest BCUT2D eigenvalue weighted by atomic mass is 15.1. The van der Waals surface area contributed by atoms with Crippen LogP contribution in [-0.2, 0) is 0 Å². The van der Waals surface area contributed by atoms with Gasteiger partial charge in [0.25, 0.3) is 0 Å². The van der Waals surface area contributed by atoms with Gasteiger partial charge in [0.1, 0.15) is 0 Å². The molecule has 0 aliphatic heterocycles. The van der Waals surface area contributed by atoms with E-state index in [1.807, 2.05) is 0 Å². The zero-order chi connectivity index (χ0) is 9.14. The van der Waals surface area contributed by atoms with Gasteiger partial charge in [-0.3, -0.25) is 0 Å². The summed E-state index contributed by atoms with van der Waals surface area (Å²) >= 11 is 0. The normalized spacial score (nSPS) is 31.5. The Balaban J connectivity index is 2.34. The third kappa shape index (κ3) is 2.48. The fraction of sp³-hybridized carbons (Fsp3) is 1.00. The first-order chi connectivity index (χ1) is 5.61. The molecule has 1 fully saturated rings. The number of nitrogens with zero attached hydrogens (tertiary/aromatic N) is 1. The van der Waals surface area contributed by atoms with Gasteiger partial charge in [0, 0.05) is 12.1 Å². The SMILES string of the molecule is CC1CCC(N(C)C(C)C)CC1. The molecule has 12 heavy (non-hydrogen) atoms. The molecule has 0 aromatic rings. The second kappa shape index (κ2) is 4.27. The summed E-state index contributed by atoms with van der Waals surface area (Å²) in [5.74, 6) is 0.974. The minimum absolute atomic E-state index is 0.711. The maximum Gasteiger partial charge on any atom is 0.00951 e. The maximum atomic E-state index is 2.53. The van der Waals surface area contributed by atoms with Crippen LogP contribution in [0.15, 0.2) is 0 Å². The summed E-state index contributed by atoms with van der Waals surface area (Å²) in [5.41, 5.74) is 0. The average Bonchev–Trinajstić information content (AvgIpc) is 2.04. The predicted molar refractivity (Wildman–Crippen MR) is 54.3 cm³/mol. The molecule has 1 rings (SSSR count). The Morgan fingerprint density at radius 1 is 1.08 bits per heavy atom. The van der Waals surface area contributed by atoms with Crippen molar-refractivity contribution in [1.82, 2.24) is 4.90 Å². The van der Waals surface area contributed by atoms with E-state index in [0.29, 0.717) is 6.04 Å². The minimum atomic E-state index is 0.711. The highest BCUT2D eigenvalue weighted by molar-refractivity contribution is 4.77. The van der Waals surface area contributed by atoms with Gasteiger partial charge in [0.15, 0.2) is 0 Å². The van der Waals surface area contributed by atoms with E-state index in [2.05, 4.69) is 32.7 Å². The van der Waals surface area contributed by atoms with Crippen LogP contribution in [-0.4, -0.2) is 24.0 Å². The van der Waals surface area contributed by atoms with Crippen LogP contribution >= 0.6 is 0 Å². The number of hydrogen-bond acceptors (Lipinski definition) is 1. The molecule has 0 spiro atoms. The van der Waals surface area contributed by atoms with Gasteiger partial charge in [0.2, 0.25) is 0 Å². The van der Waals surface area contributed by atoms with Crippen molar-refractivity contribution in [2.45, 2.75) is 58.5 Å². The van der Waals surface area contributed by atoms with Crippen molar-refractivity contribution >= 4 is 0 Å². The Hall–Kier alpha value is -0.0400. The van der Waals surface area contributed by atoms with E-state index < -0.39 is 0 Å². The molecule has 0 unspecified atom stereocenters. The lowest BCUT2D eigenvalue weighted by molar-refractivity contribution is 0.139. The molecule has 0 bridgehead atoms. The zero-order valence-electron chi connectivity index (χ0n) is 9.01.